The van der Waals surface area contributed by atoms with Crippen molar-refractivity contribution in [1.29, 1.82) is 0 Å². The van der Waals surface area contributed by atoms with Crippen LogP contribution in [0.4, 0.5) is 5.69 Å². The van der Waals surface area contributed by atoms with Crippen molar-refractivity contribution in [2.24, 2.45) is 0 Å². The quantitative estimate of drug-likeness (QED) is 0.795. The maximum atomic E-state index is 12.2. The summed E-state index contributed by atoms with van der Waals surface area (Å²) in [5.41, 5.74) is 5.76. The predicted octanol–water partition coefficient (Wildman–Crippen LogP) is 1.50. The number of carbonyl (C=O) groups is 2. The van der Waals surface area contributed by atoms with Gasteiger partial charge in [0.2, 0.25) is 6.10 Å². The molecule has 0 aliphatic carbocycles. The van der Waals surface area contributed by atoms with Crippen LogP contribution in [0.15, 0.2) is 54.6 Å². The van der Waals surface area contributed by atoms with Crippen molar-refractivity contribution in [1.82, 2.24) is 10.9 Å². The lowest BCUT2D eigenvalue weighted by Crippen LogP contribution is -2.52. The number of likely N-dealkylation sites (N-methyl/N-ethyl adjacent to an activating group) is 1. The van der Waals surface area contributed by atoms with Crippen molar-refractivity contribution >= 4 is 17.5 Å². The van der Waals surface area contributed by atoms with Crippen molar-refractivity contribution in [3.05, 3.63) is 54.6 Å². The van der Waals surface area contributed by atoms with Crippen molar-refractivity contribution in [3.63, 3.8) is 0 Å². The Balaban J connectivity index is 1.49. The van der Waals surface area contributed by atoms with Gasteiger partial charge in [0, 0.05) is 12.2 Å². The Bertz CT molecular complexity index is 766. The maximum Gasteiger partial charge on any atom is 0.283 e. The van der Waals surface area contributed by atoms with Gasteiger partial charge in [0.15, 0.2) is 11.5 Å². The number of nitrogens with zero attached hydrogens (tertiary/aromatic N) is 1. The monoisotopic (exact) mass is 355 g/mol. The molecule has 0 aromatic heterocycles. The molecule has 0 spiro atoms. The molecule has 3 rings (SSSR count). The summed E-state index contributed by atoms with van der Waals surface area (Å²) in [6, 6.07) is 16.7. The van der Waals surface area contributed by atoms with E-state index in [4.69, 9.17) is 9.47 Å². The topological polar surface area (TPSA) is 79.9 Å². The van der Waals surface area contributed by atoms with E-state index in [1.165, 1.54) is 0 Å². The van der Waals surface area contributed by atoms with Gasteiger partial charge in [0.05, 0.1) is 6.54 Å². The standard InChI is InChI=1S/C19H21N3O4/c1-2-22(14-8-4-3-5-9-14)12-18(23)20-21-19(24)17-13-25-15-10-6-7-11-16(15)26-17/h3-11,17H,2,12-13H2,1H3,(H,20,23)(H,21,24). The van der Waals surface area contributed by atoms with Gasteiger partial charge in [0.25, 0.3) is 11.8 Å². The van der Waals surface area contributed by atoms with E-state index in [1.807, 2.05) is 48.2 Å². The normalized spacial score (nSPS) is 15.0. The van der Waals surface area contributed by atoms with Gasteiger partial charge in [-0.1, -0.05) is 30.3 Å². The van der Waals surface area contributed by atoms with Gasteiger partial charge in [-0.2, -0.15) is 0 Å². The fourth-order valence-electron chi connectivity index (χ4n) is 2.60. The van der Waals surface area contributed by atoms with Crippen LogP contribution < -0.4 is 25.2 Å². The van der Waals surface area contributed by atoms with E-state index in [1.54, 1.807) is 18.2 Å². The number of ether oxygens (including phenoxy) is 2. The third-order valence-corrected chi connectivity index (χ3v) is 3.96. The van der Waals surface area contributed by atoms with Crippen LogP contribution in [0.25, 0.3) is 0 Å². The zero-order valence-electron chi connectivity index (χ0n) is 14.5. The molecule has 136 valence electrons. The van der Waals surface area contributed by atoms with Gasteiger partial charge in [-0.15, -0.1) is 0 Å². The Morgan fingerprint density at radius 1 is 1.04 bits per heavy atom. The summed E-state index contributed by atoms with van der Waals surface area (Å²) in [5.74, 6) is 0.324. The summed E-state index contributed by atoms with van der Waals surface area (Å²) < 4.78 is 11.1. The smallest absolute Gasteiger partial charge is 0.283 e. The molecule has 1 aliphatic heterocycles. The number of hydrazine groups is 1. The molecule has 2 N–H and O–H groups in total. The molecule has 0 fully saturated rings. The largest absolute Gasteiger partial charge is 0.485 e. The zero-order chi connectivity index (χ0) is 18.4. The third kappa shape index (κ3) is 4.24. The minimum absolute atomic E-state index is 0.0871. The summed E-state index contributed by atoms with van der Waals surface area (Å²) in [6.45, 7) is 2.85. The highest BCUT2D eigenvalue weighted by molar-refractivity contribution is 5.87. The van der Waals surface area contributed by atoms with E-state index >= 15 is 0 Å². The number of para-hydroxylation sites is 3. The van der Waals surface area contributed by atoms with E-state index in [0.717, 1.165) is 5.69 Å². The number of hydrogen-bond donors (Lipinski definition) is 2. The Morgan fingerprint density at radius 2 is 1.73 bits per heavy atom. The number of nitrogens with one attached hydrogen (secondary N) is 2. The zero-order valence-corrected chi connectivity index (χ0v) is 14.5. The molecule has 7 heteroatoms. The molecule has 26 heavy (non-hydrogen) atoms. The molecule has 1 unspecified atom stereocenters. The van der Waals surface area contributed by atoms with Crippen LogP contribution in [0.2, 0.25) is 0 Å². The molecule has 0 radical (unpaired) electrons. The average Bonchev–Trinajstić information content (AvgIpc) is 2.70. The first kappa shape index (κ1) is 17.6. The third-order valence-electron chi connectivity index (χ3n) is 3.96. The van der Waals surface area contributed by atoms with Crippen LogP contribution in [0.5, 0.6) is 11.5 Å². The van der Waals surface area contributed by atoms with Crippen LogP contribution >= 0.6 is 0 Å². The SMILES string of the molecule is CCN(CC(=O)NNC(=O)C1COc2ccccc2O1)c1ccccc1. The lowest BCUT2D eigenvalue weighted by Gasteiger charge is -2.26. The molecule has 1 aliphatic rings. The summed E-state index contributed by atoms with van der Waals surface area (Å²) in [4.78, 5) is 26.2. The molecule has 0 saturated carbocycles. The first-order valence-corrected chi connectivity index (χ1v) is 8.44. The van der Waals surface area contributed by atoms with Crippen molar-refractivity contribution in [2.45, 2.75) is 13.0 Å². The molecule has 2 aromatic rings. The second-order valence-electron chi connectivity index (χ2n) is 5.75. The number of anilines is 1. The number of hydrogen-bond acceptors (Lipinski definition) is 5. The molecule has 1 heterocycles. The van der Waals surface area contributed by atoms with Gasteiger partial charge < -0.3 is 14.4 Å². The molecular formula is C19H21N3O4. The highest BCUT2D eigenvalue weighted by Gasteiger charge is 2.27. The molecule has 7 nitrogen and oxygen atoms in total. The second-order valence-corrected chi connectivity index (χ2v) is 5.75. The molecule has 0 saturated heterocycles. The Kier molecular flexibility index (Phi) is 5.58. The van der Waals surface area contributed by atoms with E-state index < -0.39 is 12.0 Å². The predicted molar refractivity (Wildman–Crippen MR) is 97.0 cm³/mol. The van der Waals surface area contributed by atoms with E-state index in [9.17, 15) is 9.59 Å². The number of benzene rings is 2. The molecule has 1 atom stereocenters. The number of fused-ring (bicyclic) bond motifs is 1. The maximum absolute atomic E-state index is 12.2. The average molecular weight is 355 g/mol. The summed E-state index contributed by atoms with van der Waals surface area (Å²) >= 11 is 0. The first-order valence-electron chi connectivity index (χ1n) is 8.44. The summed E-state index contributed by atoms with van der Waals surface area (Å²) in [6.07, 6.45) is -0.818. The molecule has 2 aromatic carbocycles. The molecule has 2 amide bonds. The second kappa shape index (κ2) is 8.24. The van der Waals surface area contributed by atoms with E-state index in [0.29, 0.717) is 18.0 Å². The Labute approximate surface area is 151 Å². The fraction of sp³-hybridized carbons (Fsp3) is 0.263. The summed E-state index contributed by atoms with van der Waals surface area (Å²) in [5, 5.41) is 0. The van der Waals surface area contributed by atoms with E-state index in [2.05, 4.69) is 10.9 Å². The van der Waals surface area contributed by atoms with Gasteiger partial charge >= 0.3 is 0 Å². The van der Waals surface area contributed by atoms with Gasteiger partial charge in [-0.05, 0) is 31.2 Å². The van der Waals surface area contributed by atoms with Crippen LogP contribution in [-0.4, -0.2) is 37.6 Å². The minimum Gasteiger partial charge on any atom is -0.485 e. The van der Waals surface area contributed by atoms with Crippen molar-refractivity contribution in [2.75, 3.05) is 24.6 Å². The first-order chi connectivity index (χ1) is 12.7. The molecule has 0 bridgehead atoms. The van der Waals surface area contributed by atoms with Gasteiger partial charge in [0.1, 0.15) is 6.61 Å². The Hall–Kier alpha value is -3.22. The van der Waals surface area contributed by atoms with Crippen LogP contribution in [0, 0.1) is 0 Å². The van der Waals surface area contributed by atoms with Gasteiger partial charge in [-0.25, -0.2) is 0 Å². The highest BCUT2D eigenvalue weighted by Crippen LogP contribution is 2.30. The number of amides is 2. The number of rotatable bonds is 5. The van der Waals surface area contributed by atoms with E-state index in [-0.39, 0.29) is 19.1 Å². The lowest BCUT2D eigenvalue weighted by atomic mass is 10.2. The lowest BCUT2D eigenvalue weighted by molar-refractivity contribution is -0.134. The van der Waals surface area contributed by atoms with Crippen molar-refractivity contribution in [3.8, 4) is 11.5 Å². The fourth-order valence-corrected chi connectivity index (χ4v) is 2.60. The summed E-state index contributed by atoms with van der Waals surface area (Å²) in [7, 11) is 0. The van der Waals surface area contributed by atoms with Gasteiger partial charge in [-0.3, -0.25) is 20.4 Å². The van der Waals surface area contributed by atoms with Crippen LogP contribution in [0.1, 0.15) is 6.92 Å². The highest BCUT2D eigenvalue weighted by atomic mass is 16.6. The van der Waals surface area contributed by atoms with Crippen LogP contribution in [-0.2, 0) is 9.59 Å². The van der Waals surface area contributed by atoms with Crippen molar-refractivity contribution < 1.29 is 19.1 Å². The number of carbonyl (C=O) groups excluding carboxylic acids is 2. The molecular weight excluding hydrogens is 334 g/mol. The minimum atomic E-state index is -0.818. The van der Waals surface area contributed by atoms with Crippen LogP contribution in [0.3, 0.4) is 0 Å². The Morgan fingerprint density at radius 3 is 2.46 bits per heavy atom.